The van der Waals surface area contributed by atoms with Crippen molar-refractivity contribution in [1.82, 2.24) is 0 Å². The number of hydrogen-bond donors (Lipinski definition) is 1. The largest absolute Gasteiger partial charge is 0.493 e. The van der Waals surface area contributed by atoms with E-state index in [1.807, 2.05) is 32.0 Å². The molecule has 7 heteroatoms. The van der Waals surface area contributed by atoms with E-state index in [2.05, 4.69) is 5.32 Å². The Labute approximate surface area is 200 Å². The summed E-state index contributed by atoms with van der Waals surface area (Å²) in [5.41, 5.74) is 4.44. The average Bonchev–Trinajstić information content (AvgIpc) is 2.76. The molecular formula is C25H30ClNO4S. The Morgan fingerprint density at radius 1 is 1.22 bits per heavy atom. The predicted molar refractivity (Wildman–Crippen MR) is 132 cm³/mol. The molecule has 1 fully saturated rings. The van der Waals surface area contributed by atoms with Gasteiger partial charge in [0.05, 0.1) is 37.0 Å². The molecular weight excluding hydrogens is 446 g/mol. The highest BCUT2D eigenvalue weighted by atomic mass is 35.5. The van der Waals surface area contributed by atoms with Gasteiger partial charge in [0.15, 0.2) is 0 Å². The first-order valence-electron chi connectivity index (χ1n) is 10.9. The second-order valence-corrected chi connectivity index (χ2v) is 8.89. The first-order valence-corrected chi connectivity index (χ1v) is 11.7. The molecule has 0 bridgehead atoms. The number of methoxy groups -OCH3 is 1. The Bertz CT molecular complexity index is 949. The average molecular weight is 476 g/mol. The van der Waals surface area contributed by atoms with E-state index in [0.29, 0.717) is 28.4 Å². The molecule has 2 aromatic rings. The minimum atomic E-state index is -0.307. The summed E-state index contributed by atoms with van der Waals surface area (Å²) in [6.45, 7) is 5.53. The van der Waals surface area contributed by atoms with Gasteiger partial charge in [-0.3, -0.25) is 4.79 Å². The van der Waals surface area contributed by atoms with Gasteiger partial charge in [-0.15, -0.1) is 0 Å². The standard InChI is InChI=1S/C25H30ClNO4S/c1-16-12-20(31-11-9-19-6-4-5-10-30-19)13-17(2)24(16)25(32)27-22-14-18(7-8-21(22)26)15-23(28)29-3/h7-8,12-14,19H,4-6,9-11,15H2,1-3H3,(H,27,32)/t19-/m0/s1. The van der Waals surface area contributed by atoms with Crippen LogP contribution >= 0.6 is 23.8 Å². The van der Waals surface area contributed by atoms with E-state index in [4.69, 9.17) is 38.0 Å². The van der Waals surface area contributed by atoms with Gasteiger partial charge in [0.1, 0.15) is 10.7 Å². The second-order valence-electron chi connectivity index (χ2n) is 8.08. The minimum Gasteiger partial charge on any atom is -0.493 e. The molecule has 1 aliphatic rings. The number of esters is 1. The molecule has 1 aliphatic heterocycles. The van der Waals surface area contributed by atoms with E-state index in [1.54, 1.807) is 12.1 Å². The maximum atomic E-state index is 11.6. The van der Waals surface area contributed by atoms with Crippen LogP contribution in [0.25, 0.3) is 0 Å². The molecule has 1 atom stereocenters. The zero-order valence-electron chi connectivity index (χ0n) is 18.8. The van der Waals surface area contributed by atoms with E-state index in [1.165, 1.54) is 13.5 Å². The highest BCUT2D eigenvalue weighted by Gasteiger charge is 2.16. The monoisotopic (exact) mass is 475 g/mol. The summed E-state index contributed by atoms with van der Waals surface area (Å²) >= 11 is 12.0. The van der Waals surface area contributed by atoms with Crippen LogP contribution < -0.4 is 10.1 Å². The third-order valence-electron chi connectivity index (χ3n) is 5.57. The molecule has 0 radical (unpaired) electrons. The molecule has 172 valence electrons. The van der Waals surface area contributed by atoms with Gasteiger partial charge in [0.25, 0.3) is 0 Å². The number of carbonyl (C=O) groups excluding carboxylic acids is 1. The van der Waals surface area contributed by atoms with Crippen molar-refractivity contribution in [1.29, 1.82) is 0 Å². The second kappa shape index (κ2) is 11.6. The van der Waals surface area contributed by atoms with E-state index in [9.17, 15) is 4.79 Å². The number of anilines is 1. The first kappa shape index (κ1) is 24.5. The highest BCUT2D eigenvalue weighted by Crippen LogP contribution is 2.28. The maximum absolute atomic E-state index is 11.6. The van der Waals surface area contributed by atoms with Crippen molar-refractivity contribution in [3.63, 3.8) is 0 Å². The lowest BCUT2D eigenvalue weighted by molar-refractivity contribution is -0.139. The topological polar surface area (TPSA) is 56.8 Å². The summed E-state index contributed by atoms with van der Waals surface area (Å²) in [6, 6.07) is 9.38. The van der Waals surface area contributed by atoms with Crippen molar-refractivity contribution in [2.45, 2.75) is 52.1 Å². The van der Waals surface area contributed by atoms with Gasteiger partial charge in [-0.2, -0.15) is 0 Å². The van der Waals surface area contributed by atoms with E-state index < -0.39 is 0 Å². The molecule has 0 spiro atoms. The lowest BCUT2D eigenvalue weighted by Gasteiger charge is -2.22. The summed E-state index contributed by atoms with van der Waals surface area (Å²) in [6.07, 6.45) is 4.89. The van der Waals surface area contributed by atoms with Crippen LogP contribution in [-0.2, 0) is 20.7 Å². The lowest BCUT2D eigenvalue weighted by atomic mass is 10.0. The summed E-state index contributed by atoms with van der Waals surface area (Å²) in [7, 11) is 1.37. The van der Waals surface area contributed by atoms with E-state index >= 15 is 0 Å². The Hall–Kier alpha value is -2.15. The van der Waals surface area contributed by atoms with Crippen LogP contribution in [0.1, 0.15) is 47.9 Å². The number of halogens is 1. The van der Waals surface area contributed by atoms with Gasteiger partial charge in [-0.1, -0.05) is 29.9 Å². The fraction of sp³-hybridized carbons (Fsp3) is 0.440. The van der Waals surface area contributed by atoms with Crippen LogP contribution in [0.2, 0.25) is 5.02 Å². The number of nitrogens with one attached hydrogen (secondary N) is 1. The summed E-state index contributed by atoms with van der Waals surface area (Å²) in [5.74, 6) is 0.527. The van der Waals surface area contributed by atoms with Crippen molar-refractivity contribution in [2.24, 2.45) is 0 Å². The number of hydrogen-bond acceptors (Lipinski definition) is 5. The third-order valence-corrected chi connectivity index (χ3v) is 6.21. The smallest absolute Gasteiger partial charge is 0.309 e. The number of ether oxygens (including phenoxy) is 3. The molecule has 1 saturated heterocycles. The Balaban J connectivity index is 1.66. The lowest BCUT2D eigenvalue weighted by Crippen LogP contribution is -2.21. The summed E-state index contributed by atoms with van der Waals surface area (Å²) in [5, 5.41) is 3.76. The molecule has 5 nitrogen and oxygen atoms in total. The molecule has 0 unspecified atom stereocenters. The quantitative estimate of drug-likeness (QED) is 0.384. The van der Waals surface area contributed by atoms with Crippen molar-refractivity contribution in [3.8, 4) is 5.75 Å². The summed E-state index contributed by atoms with van der Waals surface area (Å²) in [4.78, 5) is 12.2. The summed E-state index contributed by atoms with van der Waals surface area (Å²) < 4.78 is 16.5. The number of rotatable bonds is 8. The van der Waals surface area contributed by atoms with Crippen LogP contribution in [0.15, 0.2) is 30.3 Å². The maximum Gasteiger partial charge on any atom is 0.309 e. The predicted octanol–water partition coefficient (Wildman–Crippen LogP) is 5.80. The van der Waals surface area contributed by atoms with E-state index in [-0.39, 0.29) is 12.4 Å². The molecule has 0 amide bonds. The first-order chi connectivity index (χ1) is 15.4. The van der Waals surface area contributed by atoms with E-state index in [0.717, 1.165) is 53.9 Å². The highest BCUT2D eigenvalue weighted by molar-refractivity contribution is 7.81. The van der Waals surface area contributed by atoms with Crippen LogP contribution in [0.4, 0.5) is 5.69 Å². The van der Waals surface area contributed by atoms with Crippen molar-refractivity contribution in [3.05, 3.63) is 57.6 Å². The SMILES string of the molecule is COC(=O)Cc1ccc(Cl)c(NC(=S)c2c(C)cc(OCC[C@@H]3CCCCO3)cc2C)c1. The van der Waals surface area contributed by atoms with Crippen molar-refractivity contribution in [2.75, 3.05) is 25.6 Å². The van der Waals surface area contributed by atoms with Crippen LogP contribution in [-0.4, -0.2) is 37.4 Å². The normalized spacial score (nSPS) is 15.8. The fourth-order valence-corrected chi connectivity index (χ4v) is 4.51. The number of carbonyl (C=O) groups is 1. The number of aryl methyl sites for hydroxylation is 2. The van der Waals surface area contributed by atoms with Gasteiger partial charge >= 0.3 is 5.97 Å². The fourth-order valence-electron chi connectivity index (χ4n) is 3.91. The Kier molecular flexibility index (Phi) is 8.91. The van der Waals surface area contributed by atoms with Crippen LogP contribution in [0, 0.1) is 13.8 Å². The minimum absolute atomic E-state index is 0.172. The number of benzene rings is 2. The van der Waals surface area contributed by atoms with Crippen molar-refractivity contribution < 1.29 is 19.0 Å². The molecule has 2 aromatic carbocycles. The zero-order chi connectivity index (χ0) is 23.1. The molecule has 0 aliphatic carbocycles. The Morgan fingerprint density at radius 2 is 1.97 bits per heavy atom. The molecule has 3 rings (SSSR count). The molecule has 0 aromatic heterocycles. The van der Waals surface area contributed by atoms with Gasteiger partial charge < -0.3 is 19.5 Å². The zero-order valence-corrected chi connectivity index (χ0v) is 20.4. The molecule has 32 heavy (non-hydrogen) atoms. The number of thiocarbonyl (C=S) groups is 1. The van der Waals surface area contributed by atoms with Gasteiger partial charge in [-0.25, -0.2) is 0 Å². The molecule has 0 saturated carbocycles. The van der Waals surface area contributed by atoms with Crippen molar-refractivity contribution >= 4 is 40.5 Å². The molecule has 1 heterocycles. The van der Waals surface area contributed by atoms with Crippen LogP contribution in [0.5, 0.6) is 5.75 Å². The van der Waals surface area contributed by atoms with Crippen LogP contribution in [0.3, 0.4) is 0 Å². The van der Waals surface area contributed by atoms with Gasteiger partial charge in [0.2, 0.25) is 0 Å². The Morgan fingerprint density at radius 3 is 2.62 bits per heavy atom. The van der Waals surface area contributed by atoms with Gasteiger partial charge in [0, 0.05) is 18.6 Å². The van der Waals surface area contributed by atoms with Gasteiger partial charge in [-0.05, 0) is 74.1 Å². The molecule has 1 N–H and O–H groups in total. The third kappa shape index (κ3) is 6.67.